The van der Waals surface area contributed by atoms with Crippen molar-refractivity contribution < 1.29 is 4.52 Å². The molecule has 0 spiro atoms. The fraction of sp³-hybridized carbons (Fsp3) is 0.545. The number of guanidine groups is 1. The van der Waals surface area contributed by atoms with E-state index in [9.17, 15) is 0 Å². The zero-order chi connectivity index (χ0) is 19.9. The number of hydrogen-bond donors (Lipinski definition) is 1. The largest absolute Gasteiger partial charge is 0.361 e. The molecular weight excluding hydrogens is 350 g/mol. The second kappa shape index (κ2) is 9.73. The molecule has 28 heavy (non-hydrogen) atoms. The number of aromatic nitrogens is 1. The summed E-state index contributed by atoms with van der Waals surface area (Å²) in [5, 5.41) is 7.57. The molecule has 1 aliphatic rings. The van der Waals surface area contributed by atoms with Crippen LogP contribution in [0, 0.1) is 20.8 Å². The van der Waals surface area contributed by atoms with Crippen LogP contribution in [0.25, 0.3) is 0 Å². The lowest BCUT2D eigenvalue weighted by atomic mass is 10.1. The van der Waals surface area contributed by atoms with Gasteiger partial charge in [0, 0.05) is 51.9 Å². The predicted molar refractivity (Wildman–Crippen MR) is 114 cm³/mol. The Kier molecular flexibility index (Phi) is 7.09. The number of piperazine rings is 1. The van der Waals surface area contributed by atoms with Crippen LogP contribution in [0.1, 0.15) is 35.1 Å². The fourth-order valence-corrected chi connectivity index (χ4v) is 3.77. The number of benzene rings is 1. The van der Waals surface area contributed by atoms with Crippen LogP contribution in [-0.2, 0) is 13.0 Å². The lowest BCUT2D eigenvalue weighted by Gasteiger charge is -2.36. The van der Waals surface area contributed by atoms with Crippen molar-refractivity contribution in [1.29, 1.82) is 0 Å². The van der Waals surface area contributed by atoms with Gasteiger partial charge in [0.05, 0.1) is 5.69 Å². The summed E-state index contributed by atoms with van der Waals surface area (Å²) < 4.78 is 5.18. The zero-order valence-corrected chi connectivity index (χ0v) is 17.7. The first-order valence-electron chi connectivity index (χ1n) is 10.3. The van der Waals surface area contributed by atoms with Gasteiger partial charge in [-0.2, -0.15) is 0 Å². The molecule has 2 aromatic rings. The van der Waals surface area contributed by atoms with E-state index >= 15 is 0 Å². The first-order chi connectivity index (χ1) is 13.5. The number of aliphatic imine (C=N–C) groups is 1. The summed E-state index contributed by atoms with van der Waals surface area (Å²) in [6, 6.07) is 8.77. The van der Waals surface area contributed by atoms with Crippen LogP contribution in [0.5, 0.6) is 0 Å². The zero-order valence-electron chi connectivity index (χ0n) is 17.7. The normalized spacial score (nSPS) is 15.9. The molecule has 6 heteroatoms. The van der Waals surface area contributed by atoms with Gasteiger partial charge in [-0.05, 0) is 39.7 Å². The summed E-state index contributed by atoms with van der Waals surface area (Å²) in [6.07, 6.45) is 0.975. The van der Waals surface area contributed by atoms with Gasteiger partial charge in [0.1, 0.15) is 5.76 Å². The number of hydrogen-bond acceptors (Lipinski definition) is 4. The highest BCUT2D eigenvalue weighted by Gasteiger charge is 2.20. The summed E-state index contributed by atoms with van der Waals surface area (Å²) in [6.45, 7) is 14.9. The highest BCUT2D eigenvalue weighted by Crippen LogP contribution is 2.11. The first-order valence-corrected chi connectivity index (χ1v) is 10.3. The smallest absolute Gasteiger partial charge is 0.194 e. The van der Waals surface area contributed by atoms with Gasteiger partial charge in [-0.3, -0.25) is 9.89 Å². The van der Waals surface area contributed by atoms with E-state index in [-0.39, 0.29) is 0 Å². The molecule has 1 aromatic carbocycles. The summed E-state index contributed by atoms with van der Waals surface area (Å²) in [5.74, 6) is 1.91. The van der Waals surface area contributed by atoms with E-state index < -0.39 is 0 Å². The van der Waals surface area contributed by atoms with E-state index in [0.29, 0.717) is 0 Å². The molecule has 0 amide bonds. The number of rotatable bonds is 6. The minimum atomic E-state index is 0.809. The van der Waals surface area contributed by atoms with Gasteiger partial charge < -0.3 is 14.7 Å². The van der Waals surface area contributed by atoms with E-state index in [1.807, 2.05) is 13.0 Å². The van der Waals surface area contributed by atoms with E-state index in [1.54, 1.807) is 0 Å². The molecular formula is C22H33N5O. The molecule has 0 radical (unpaired) electrons. The summed E-state index contributed by atoms with van der Waals surface area (Å²) >= 11 is 0. The third-order valence-electron chi connectivity index (χ3n) is 5.01. The van der Waals surface area contributed by atoms with Crippen molar-refractivity contribution in [2.45, 2.75) is 40.7 Å². The minimum absolute atomic E-state index is 0.809. The third-order valence-corrected chi connectivity index (χ3v) is 5.01. The molecule has 6 nitrogen and oxygen atoms in total. The molecule has 3 rings (SSSR count). The van der Waals surface area contributed by atoms with Gasteiger partial charge in [-0.25, -0.2) is 0 Å². The molecule has 1 fully saturated rings. The van der Waals surface area contributed by atoms with Crippen molar-refractivity contribution in [3.8, 4) is 0 Å². The Morgan fingerprint density at radius 2 is 1.79 bits per heavy atom. The van der Waals surface area contributed by atoms with Crippen molar-refractivity contribution in [1.82, 2.24) is 20.3 Å². The van der Waals surface area contributed by atoms with Crippen LogP contribution in [0.4, 0.5) is 0 Å². The Labute approximate surface area is 168 Å². The maximum absolute atomic E-state index is 5.18. The standard InChI is InChI=1S/C22H33N5O/c1-5-23-22(24-7-6-20-13-17(2)12-18(3)14-20)27-10-8-26(9-11-27)16-21-15-19(4)28-25-21/h12-15H,5-11,16H2,1-4H3,(H,23,24). The molecule has 0 unspecified atom stereocenters. The molecule has 1 saturated heterocycles. The lowest BCUT2D eigenvalue weighted by Crippen LogP contribution is -2.52. The van der Waals surface area contributed by atoms with Crippen molar-refractivity contribution in [2.24, 2.45) is 4.99 Å². The van der Waals surface area contributed by atoms with Crippen molar-refractivity contribution in [3.63, 3.8) is 0 Å². The predicted octanol–water partition coefficient (Wildman–Crippen LogP) is 2.93. The Bertz CT molecular complexity index is 770. The number of aryl methyl sites for hydroxylation is 3. The van der Waals surface area contributed by atoms with Gasteiger partial charge in [0.2, 0.25) is 0 Å². The summed E-state index contributed by atoms with van der Waals surface area (Å²) in [5.41, 5.74) is 5.03. The van der Waals surface area contributed by atoms with Crippen LogP contribution in [0.15, 0.2) is 33.8 Å². The number of nitrogens with one attached hydrogen (secondary N) is 1. The highest BCUT2D eigenvalue weighted by molar-refractivity contribution is 5.80. The fourth-order valence-electron chi connectivity index (χ4n) is 3.77. The van der Waals surface area contributed by atoms with E-state index in [1.165, 1.54) is 16.7 Å². The number of nitrogens with zero attached hydrogens (tertiary/aromatic N) is 4. The monoisotopic (exact) mass is 383 g/mol. The molecule has 0 aliphatic carbocycles. The van der Waals surface area contributed by atoms with E-state index in [4.69, 9.17) is 9.52 Å². The van der Waals surface area contributed by atoms with Gasteiger partial charge in [0.25, 0.3) is 0 Å². The molecule has 1 aromatic heterocycles. The second-order valence-corrected chi connectivity index (χ2v) is 7.67. The SMILES string of the molecule is CCNC(=NCCc1cc(C)cc(C)c1)N1CCN(Cc2cc(C)on2)CC1. The van der Waals surface area contributed by atoms with Gasteiger partial charge >= 0.3 is 0 Å². The van der Waals surface area contributed by atoms with Crippen molar-refractivity contribution >= 4 is 5.96 Å². The maximum atomic E-state index is 5.18. The summed E-state index contributed by atoms with van der Waals surface area (Å²) in [7, 11) is 0. The molecule has 0 saturated carbocycles. The van der Waals surface area contributed by atoms with Crippen molar-refractivity contribution in [3.05, 3.63) is 52.4 Å². The second-order valence-electron chi connectivity index (χ2n) is 7.67. The average Bonchev–Trinajstić information content (AvgIpc) is 3.06. The van der Waals surface area contributed by atoms with Gasteiger partial charge in [-0.15, -0.1) is 0 Å². The Hall–Kier alpha value is -2.34. The highest BCUT2D eigenvalue weighted by atomic mass is 16.5. The minimum Gasteiger partial charge on any atom is -0.361 e. The third kappa shape index (κ3) is 5.83. The Morgan fingerprint density at radius 1 is 1.07 bits per heavy atom. The quantitative estimate of drug-likeness (QED) is 0.614. The van der Waals surface area contributed by atoms with Crippen LogP contribution in [0.3, 0.4) is 0 Å². The molecule has 152 valence electrons. The van der Waals surface area contributed by atoms with Crippen LogP contribution in [0.2, 0.25) is 0 Å². The summed E-state index contributed by atoms with van der Waals surface area (Å²) in [4.78, 5) is 9.68. The molecule has 1 N–H and O–H groups in total. The maximum Gasteiger partial charge on any atom is 0.194 e. The van der Waals surface area contributed by atoms with E-state index in [2.05, 4.69) is 59.2 Å². The van der Waals surface area contributed by atoms with Crippen LogP contribution in [-0.4, -0.2) is 60.2 Å². The Morgan fingerprint density at radius 3 is 2.39 bits per heavy atom. The molecule has 1 aliphatic heterocycles. The average molecular weight is 384 g/mol. The molecule has 0 atom stereocenters. The Balaban J connectivity index is 1.52. The molecule has 0 bridgehead atoms. The van der Waals surface area contributed by atoms with Gasteiger partial charge in [0.15, 0.2) is 5.96 Å². The van der Waals surface area contributed by atoms with E-state index in [0.717, 1.165) is 69.6 Å². The van der Waals surface area contributed by atoms with Crippen LogP contribution < -0.4 is 5.32 Å². The topological polar surface area (TPSA) is 56.9 Å². The van der Waals surface area contributed by atoms with Crippen LogP contribution >= 0.6 is 0 Å². The molecule has 2 heterocycles. The van der Waals surface area contributed by atoms with Gasteiger partial charge in [-0.1, -0.05) is 34.5 Å². The van der Waals surface area contributed by atoms with Crippen molar-refractivity contribution in [2.75, 3.05) is 39.3 Å². The first kappa shape index (κ1) is 20.4. The lowest BCUT2D eigenvalue weighted by molar-refractivity contribution is 0.169.